The van der Waals surface area contributed by atoms with E-state index in [4.69, 9.17) is 0 Å². The smallest absolute Gasteiger partial charge is 0.449 e. The molecule has 0 aromatic heterocycles. The predicted octanol–water partition coefficient (Wildman–Crippen LogP) is 2.88. The summed E-state index contributed by atoms with van der Waals surface area (Å²) in [5.74, 6) is -5.94. The molecule has 0 heterocycles. The van der Waals surface area contributed by atoms with Crippen molar-refractivity contribution in [3.05, 3.63) is 0 Å². The monoisotopic (exact) mass is 173 g/mol. The van der Waals surface area contributed by atoms with E-state index in [1.54, 1.807) is 0 Å². The highest BCUT2D eigenvalue weighted by Gasteiger charge is 2.79. The van der Waals surface area contributed by atoms with Crippen LogP contribution in [0.4, 0.5) is 21.7 Å². The first-order valence-electron chi connectivity index (χ1n) is 3.19. The van der Waals surface area contributed by atoms with Gasteiger partial charge in [0, 0.05) is 11.2 Å². The van der Waals surface area contributed by atoms with Crippen LogP contribution in [0.1, 0.15) is 13.8 Å². The molecule has 11 heavy (non-hydrogen) atoms. The van der Waals surface area contributed by atoms with Crippen molar-refractivity contribution in [2.75, 3.05) is 0 Å². The maximum absolute atomic E-state index is 12.4. The van der Waals surface area contributed by atoms with Gasteiger partial charge < -0.3 is 12.9 Å². The van der Waals surface area contributed by atoms with E-state index >= 15 is 0 Å². The zero-order valence-corrected chi connectivity index (χ0v) is 6.04. The molecule has 1 fully saturated rings. The van der Waals surface area contributed by atoms with Crippen LogP contribution in [0.25, 0.3) is 0 Å². The maximum atomic E-state index is 12.4. The molecule has 1 aliphatic carbocycles. The van der Waals surface area contributed by atoms with Crippen molar-refractivity contribution in [2.24, 2.45) is 5.41 Å². The van der Waals surface area contributed by atoms with Crippen molar-refractivity contribution in [2.45, 2.75) is 25.6 Å². The topological polar surface area (TPSA) is 0 Å². The van der Waals surface area contributed by atoms with Gasteiger partial charge in [0.05, 0.1) is 0 Å². The summed E-state index contributed by atoms with van der Waals surface area (Å²) < 4.78 is 60.2. The summed E-state index contributed by atoms with van der Waals surface area (Å²) in [4.78, 5) is 0. The van der Waals surface area contributed by atoms with Crippen LogP contribution in [0.15, 0.2) is 0 Å². The molecular weight excluding hydrogens is 166 g/mol. The van der Waals surface area contributed by atoms with Crippen LogP contribution >= 0.6 is 0 Å². The second kappa shape index (κ2) is 1.72. The molecule has 0 bridgehead atoms. The zero-order valence-electron chi connectivity index (χ0n) is 6.04. The minimum absolute atomic E-state index is 0.937. The molecule has 0 aliphatic heterocycles. The third-order valence-corrected chi connectivity index (χ3v) is 2.32. The molecule has 1 saturated carbocycles. The Balaban J connectivity index is 2.84. The normalized spacial score (nSPS) is 33.5. The van der Waals surface area contributed by atoms with E-state index in [2.05, 4.69) is 0 Å². The van der Waals surface area contributed by atoms with Gasteiger partial charge in [-0.05, 0) is 0 Å². The van der Waals surface area contributed by atoms with E-state index < -0.39 is 24.1 Å². The first-order valence-corrected chi connectivity index (χ1v) is 3.19. The molecule has 66 valence electrons. The van der Waals surface area contributed by atoms with Gasteiger partial charge in [0.1, 0.15) is 0 Å². The Hall–Kier alpha value is -0.285. The molecule has 1 atom stereocenters. The quantitative estimate of drug-likeness (QED) is 0.422. The van der Waals surface area contributed by atoms with Crippen LogP contribution < -0.4 is 0 Å². The molecule has 0 N–H and O–H groups in total. The van der Waals surface area contributed by atoms with E-state index in [9.17, 15) is 21.7 Å². The number of hydrogen-bond acceptors (Lipinski definition) is 0. The van der Waals surface area contributed by atoms with Crippen molar-refractivity contribution >= 4 is 6.98 Å². The van der Waals surface area contributed by atoms with Crippen LogP contribution in [0, 0.1) is 5.41 Å². The van der Waals surface area contributed by atoms with Crippen LogP contribution in [0.2, 0.25) is 5.82 Å². The molecule has 0 amide bonds. The van der Waals surface area contributed by atoms with Crippen molar-refractivity contribution in [1.82, 2.24) is 0 Å². The maximum Gasteiger partial charge on any atom is 0.488 e. The summed E-state index contributed by atoms with van der Waals surface area (Å²) in [6, 6.07) is 0. The first kappa shape index (κ1) is 8.81. The summed E-state index contributed by atoms with van der Waals surface area (Å²) in [6.45, 7) is -3.51. The molecular formula is C5H7BF5-. The highest BCUT2D eigenvalue weighted by atomic mass is 19.4. The summed E-state index contributed by atoms with van der Waals surface area (Å²) >= 11 is 0. The Labute approximate surface area is 60.8 Å². The molecule has 0 spiro atoms. The summed E-state index contributed by atoms with van der Waals surface area (Å²) in [6.07, 6.45) is 0. The fraction of sp³-hybridized carbons (Fsp3) is 1.00. The van der Waals surface area contributed by atoms with Crippen LogP contribution in [-0.4, -0.2) is 12.9 Å². The average Bonchev–Trinajstić information content (AvgIpc) is 1.93. The minimum atomic E-state index is -5.39. The standard InChI is InChI=1S/C5H7BF5/c1-4(2)3(5(4,7)8)6(9,10)11/h3H,1-2H3/q-1. The van der Waals surface area contributed by atoms with Gasteiger partial charge in [0.2, 0.25) is 5.92 Å². The third kappa shape index (κ3) is 0.947. The lowest BCUT2D eigenvalue weighted by atomic mass is 9.79. The SMILES string of the molecule is CC1(C)C([B-](F)(F)F)C1(F)F. The van der Waals surface area contributed by atoms with Crippen molar-refractivity contribution < 1.29 is 21.7 Å². The predicted molar refractivity (Wildman–Crippen MR) is 31.6 cm³/mol. The highest BCUT2D eigenvalue weighted by Crippen LogP contribution is 2.74. The zero-order chi connectivity index (χ0) is 9.08. The van der Waals surface area contributed by atoms with Gasteiger partial charge in [-0.2, -0.15) is 0 Å². The van der Waals surface area contributed by atoms with Crippen molar-refractivity contribution in [1.29, 1.82) is 0 Å². The van der Waals surface area contributed by atoms with E-state index in [0.717, 1.165) is 13.8 Å². The van der Waals surface area contributed by atoms with Gasteiger partial charge in [0.15, 0.2) is 0 Å². The largest absolute Gasteiger partial charge is 0.488 e. The van der Waals surface area contributed by atoms with E-state index in [1.807, 2.05) is 0 Å². The Morgan fingerprint density at radius 3 is 1.36 bits per heavy atom. The molecule has 0 aromatic carbocycles. The Bertz CT molecular complexity index is 168. The fourth-order valence-electron chi connectivity index (χ4n) is 1.40. The first-order chi connectivity index (χ1) is 4.62. The van der Waals surface area contributed by atoms with Gasteiger partial charge >= 0.3 is 6.98 Å². The number of hydrogen-bond donors (Lipinski definition) is 0. The Kier molecular flexibility index (Phi) is 1.38. The van der Waals surface area contributed by atoms with E-state index in [-0.39, 0.29) is 0 Å². The lowest BCUT2D eigenvalue weighted by Crippen LogP contribution is -2.19. The molecule has 0 aromatic rings. The van der Waals surface area contributed by atoms with Crippen LogP contribution in [-0.2, 0) is 0 Å². The summed E-state index contributed by atoms with van der Waals surface area (Å²) in [5.41, 5.74) is -1.88. The summed E-state index contributed by atoms with van der Waals surface area (Å²) in [5, 5.41) is 0. The Morgan fingerprint density at radius 1 is 1.09 bits per heavy atom. The molecule has 1 rings (SSSR count). The van der Waals surface area contributed by atoms with Gasteiger partial charge in [-0.1, -0.05) is 13.8 Å². The molecule has 0 nitrogen and oxygen atoms in total. The van der Waals surface area contributed by atoms with Gasteiger partial charge in [-0.25, -0.2) is 8.78 Å². The second-order valence-corrected chi connectivity index (χ2v) is 3.45. The number of halogens is 5. The third-order valence-electron chi connectivity index (χ3n) is 2.32. The lowest BCUT2D eigenvalue weighted by molar-refractivity contribution is 0.0740. The van der Waals surface area contributed by atoms with Crippen LogP contribution in [0.3, 0.4) is 0 Å². The number of alkyl halides is 2. The molecule has 1 unspecified atom stereocenters. The van der Waals surface area contributed by atoms with Gasteiger partial charge in [-0.15, -0.1) is 0 Å². The lowest BCUT2D eigenvalue weighted by Gasteiger charge is -2.12. The van der Waals surface area contributed by atoms with E-state index in [0.29, 0.717) is 0 Å². The van der Waals surface area contributed by atoms with Gasteiger partial charge in [-0.3, -0.25) is 0 Å². The average molecular weight is 173 g/mol. The second-order valence-electron chi connectivity index (χ2n) is 3.45. The molecule has 0 radical (unpaired) electrons. The van der Waals surface area contributed by atoms with Crippen molar-refractivity contribution in [3.63, 3.8) is 0 Å². The molecule has 1 aliphatic rings. The summed E-state index contributed by atoms with van der Waals surface area (Å²) in [7, 11) is 0. The fourth-order valence-corrected chi connectivity index (χ4v) is 1.40. The molecule has 6 heteroatoms. The van der Waals surface area contributed by atoms with Crippen molar-refractivity contribution in [3.8, 4) is 0 Å². The van der Waals surface area contributed by atoms with Gasteiger partial charge in [0.25, 0.3) is 0 Å². The van der Waals surface area contributed by atoms with Crippen LogP contribution in [0.5, 0.6) is 0 Å². The highest BCUT2D eigenvalue weighted by molar-refractivity contribution is 6.62. The Morgan fingerprint density at radius 2 is 1.36 bits per heavy atom. The minimum Gasteiger partial charge on any atom is -0.449 e. The molecule has 0 saturated heterocycles. The van der Waals surface area contributed by atoms with E-state index in [1.165, 1.54) is 0 Å². The number of rotatable bonds is 1.